The second-order valence-corrected chi connectivity index (χ2v) is 16.2. The summed E-state index contributed by atoms with van der Waals surface area (Å²) in [7, 11) is 0. The number of aliphatic hydroxyl groups is 1. The monoisotopic (exact) mass is 970 g/mol. The summed E-state index contributed by atoms with van der Waals surface area (Å²) in [6.07, 6.45) is 18.2. The van der Waals surface area contributed by atoms with Crippen molar-refractivity contribution in [1.82, 2.24) is 0 Å². The predicted molar refractivity (Wildman–Crippen MR) is 263 cm³/mol. The smallest absolute Gasteiger partial charge is 0.374 e. The first-order valence-corrected chi connectivity index (χ1v) is 24.2. The first-order valence-electron chi connectivity index (χ1n) is 24.2. The van der Waals surface area contributed by atoms with Gasteiger partial charge < -0.3 is 52.7 Å². The highest BCUT2D eigenvalue weighted by Crippen LogP contribution is 2.29. The van der Waals surface area contributed by atoms with Crippen molar-refractivity contribution in [1.29, 1.82) is 0 Å². The average molecular weight is 971 g/mol. The molecule has 4 aromatic rings. The SMILES string of the molecule is C=CC(=O)OCCCCCCOc1ccc(C(=O)Oc2ccc(ON([O-])c3ccc(OCCCCCCOC(O)C=C)cc3)cc2C(=O)OCCCCCCCCCCCOC(=O)c2ccco2)cc1. The van der Waals surface area contributed by atoms with Gasteiger partial charge in [-0.15, -0.1) is 0 Å². The van der Waals surface area contributed by atoms with Crippen LogP contribution in [0.1, 0.15) is 140 Å². The molecule has 4 rings (SSSR count). The van der Waals surface area contributed by atoms with E-state index in [2.05, 4.69) is 13.2 Å². The van der Waals surface area contributed by atoms with E-state index in [4.69, 9.17) is 42.4 Å². The van der Waals surface area contributed by atoms with E-state index in [0.29, 0.717) is 56.2 Å². The molecule has 0 radical (unpaired) electrons. The van der Waals surface area contributed by atoms with Crippen molar-refractivity contribution in [2.24, 2.45) is 0 Å². The van der Waals surface area contributed by atoms with Gasteiger partial charge in [-0.2, -0.15) is 0 Å². The van der Waals surface area contributed by atoms with Gasteiger partial charge in [-0.1, -0.05) is 64.5 Å². The van der Waals surface area contributed by atoms with Crippen LogP contribution in [-0.2, 0) is 23.7 Å². The second kappa shape index (κ2) is 33.8. The Morgan fingerprint density at radius 1 is 0.586 bits per heavy atom. The highest BCUT2D eigenvalue weighted by atomic mass is 16.9. The lowest BCUT2D eigenvalue weighted by molar-refractivity contribution is -0.137. The molecule has 0 saturated heterocycles. The lowest BCUT2D eigenvalue weighted by atomic mass is 10.1. The van der Waals surface area contributed by atoms with Crippen LogP contribution in [0.5, 0.6) is 23.0 Å². The van der Waals surface area contributed by atoms with Crippen LogP contribution >= 0.6 is 0 Å². The van der Waals surface area contributed by atoms with Crippen LogP contribution in [0.2, 0.25) is 0 Å². The molecule has 380 valence electrons. The van der Waals surface area contributed by atoms with Crippen molar-refractivity contribution < 1.29 is 66.7 Å². The summed E-state index contributed by atoms with van der Waals surface area (Å²) in [6, 6.07) is 20.2. The molecule has 0 bridgehead atoms. The van der Waals surface area contributed by atoms with E-state index in [0.717, 1.165) is 109 Å². The standard InChI is InChI=1S/C54H68NO15/c1-3-50(56)65-36-18-14-12-16-34-62-44-28-24-42(25-29-44)52(58)69-48-33-32-46(70-55(61)43-26-30-45(31-27-43)63-35-17-13-15-19-37-66-51(57)4-2)41-47(48)53(59)67-38-20-10-8-6-5-7-9-11-21-39-68-54(60)49-23-22-40-64-49/h3-4,22-33,40-41,51,57H,1-2,5-21,34-39H2/q-1. The fourth-order valence-corrected chi connectivity index (χ4v) is 6.79. The highest BCUT2D eigenvalue weighted by Gasteiger charge is 2.20. The molecule has 1 N–H and O–H groups in total. The fourth-order valence-electron chi connectivity index (χ4n) is 6.79. The number of hydrogen-bond acceptors (Lipinski definition) is 16. The second-order valence-electron chi connectivity index (χ2n) is 16.2. The summed E-state index contributed by atoms with van der Waals surface area (Å²) < 4.78 is 43.4. The number of hydrogen-bond donors (Lipinski definition) is 1. The summed E-state index contributed by atoms with van der Waals surface area (Å²) in [6.45, 7) is 9.11. The van der Waals surface area contributed by atoms with E-state index in [-0.39, 0.29) is 40.7 Å². The molecule has 0 spiro atoms. The third-order valence-electron chi connectivity index (χ3n) is 10.7. The van der Waals surface area contributed by atoms with E-state index in [9.17, 15) is 29.5 Å². The van der Waals surface area contributed by atoms with Gasteiger partial charge in [0.1, 0.15) is 22.8 Å². The molecule has 0 aliphatic rings. The Labute approximate surface area is 411 Å². The van der Waals surface area contributed by atoms with E-state index in [1.165, 1.54) is 30.5 Å². The van der Waals surface area contributed by atoms with E-state index in [1.54, 1.807) is 60.7 Å². The number of ether oxygens (including phenoxy) is 7. The van der Waals surface area contributed by atoms with Crippen LogP contribution in [0.4, 0.5) is 5.69 Å². The molecule has 16 nitrogen and oxygen atoms in total. The number of aliphatic hydroxyl groups excluding tert-OH is 1. The zero-order valence-corrected chi connectivity index (χ0v) is 40.1. The van der Waals surface area contributed by atoms with Crippen LogP contribution in [-0.4, -0.2) is 74.9 Å². The number of benzene rings is 3. The van der Waals surface area contributed by atoms with Crippen molar-refractivity contribution in [2.45, 2.75) is 115 Å². The molecule has 16 heteroatoms. The van der Waals surface area contributed by atoms with Crippen LogP contribution < -0.4 is 24.3 Å². The summed E-state index contributed by atoms with van der Waals surface area (Å²) in [5.74, 6) is -1.05. The van der Waals surface area contributed by atoms with Gasteiger partial charge in [0.15, 0.2) is 12.0 Å². The number of nitrogens with zero attached hydrogens (tertiary/aromatic N) is 1. The Kier molecular flexibility index (Phi) is 27.0. The van der Waals surface area contributed by atoms with Gasteiger partial charge in [-0.3, -0.25) is 5.23 Å². The van der Waals surface area contributed by atoms with Gasteiger partial charge in [0.25, 0.3) is 0 Å². The lowest BCUT2D eigenvalue weighted by Crippen LogP contribution is -2.20. The van der Waals surface area contributed by atoms with Crippen LogP contribution in [0.3, 0.4) is 0 Å². The zero-order chi connectivity index (χ0) is 50.0. The average Bonchev–Trinajstić information content (AvgIpc) is 3.93. The number of furan rings is 1. The maximum atomic E-state index is 13.5. The van der Waals surface area contributed by atoms with E-state index >= 15 is 0 Å². The summed E-state index contributed by atoms with van der Waals surface area (Å²) in [4.78, 5) is 55.4. The Morgan fingerprint density at radius 3 is 1.63 bits per heavy atom. The molecule has 1 atom stereocenters. The van der Waals surface area contributed by atoms with Crippen molar-refractivity contribution in [3.8, 4) is 23.0 Å². The minimum Gasteiger partial charge on any atom is -0.724 e. The number of carbonyl (C=O) groups excluding carboxylic acids is 4. The summed E-state index contributed by atoms with van der Waals surface area (Å²) in [5.41, 5.74) is 0.297. The normalized spacial score (nSPS) is 11.2. The topological polar surface area (TPSA) is 202 Å². The number of rotatable bonds is 38. The zero-order valence-electron chi connectivity index (χ0n) is 40.1. The van der Waals surface area contributed by atoms with E-state index < -0.39 is 30.2 Å². The first kappa shape index (κ1) is 56.0. The van der Waals surface area contributed by atoms with Gasteiger partial charge in [0.2, 0.25) is 5.76 Å². The number of unbranched alkanes of at least 4 members (excludes halogenated alkanes) is 14. The lowest BCUT2D eigenvalue weighted by Gasteiger charge is -2.29. The highest BCUT2D eigenvalue weighted by molar-refractivity contribution is 5.96. The Morgan fingerprint density at radius 2 is 1.09 bits per heavy atom. The first-order chi connectivity index (χ1) is 34.2. The van der Waals surface area contributed by atoms with Crippen molar-refractivity contribution in [3.63, 3.8) is 0 Å². The molecule has 3 aromatic carbocycles. The molecule has 70 heavy (non-hydrogen) atoms. The molecular formula is C54H68NO15-. The third kappa shape index (κ3) is 22.7. The van der Waals surface area contributed by atoms with Crippen molar-refractivity contribution in [3.05, 3.63) is 133 Å². The number of carbonyl (C=O) groups is 4. The molecule has 1 aromatic heterocycles. The molecule has 0 aliphatic heterocycles. The molecule has 0 amide bonds. The van der Waals surface area contributed by atoms with Crippen molar-refractivity contribution >= 4 is 29.6 Å². The maximum absolute atomic E-state index is 13.5. The number of esters is 4. The van der Waals surface area contributed by atoms with Gasteiger partial charge >= 0.3 is 23.9 Å². The largest absolute Gasteiger partial charge is 0.724 e. The van der Waals surface area contributed by atoms with Crippen LogP contribution in [0, 0.1) is 5.21 Å². The molecule has 1 heterocycles. The van der Waals surface area contributed by atoms with Gasteiger partial charge in [-0.05, 0) is 137 Å². The Balaban J connectivity index is 1.24. The minimum absolute atomic E-state index is 0.0130. The number of anilines is 1. The van der Waals surface area contributed by atoms with Crippen LogP contribution in [0.25, 0.3) is 0 Å². The molecule has 0 saturated carbocycles. The maximum Gasteiger partial charge on any atom is 0.374 e. The molecule has 0 aliphatic carbocycles. The summed E-state index contributed by atoms with van der Waals surface area (Å²) in [5, 5.41) is 22.8. The van der Waals surface area contributed by atoms with Gasteiger partial charge in [0.05, 0.1) is 57.2 Å². The molecule has 1 unspecified atom stereocenters. The van der Waals surface area contributed by atoms with E-state index in [1.807, 2.05) is 0 Å². The van der Waals surface area contributed by atoms with Crippen LogP contribution in [0.15, 0.2) is 115 Å². The quantitative estimate of drug-likeness (QED) is 0.00649. The van der Waals surface area contributed by atoms with Gasteiger partial charge in [0, 0.05) is 12.1 Å². The fraction of sp³-hybridized carbons (Fsp3) is 0.444. The van der Waals surface area contributed by atoms with Crippen molar-refractivity contribution in [2.75, 3.05) is 44.9 Å². The predicted octanol–water partition coefficient (Wildman–Crippen LogP) is 11.5. The Bertz CT molecular complexity index is 2120. The minimum atomic E-state index is -0.945. The third-order valence-corrected chi connectivity index (χ3v) is 10.7. The summed E-state index contributed by atoms with van der Waals surface area (Å²) >= 11 is 0. The molecule has 0 fully saturated rings. The molecular weight excluding hydrogens is 903 g/mol. The van der Waals surface area contributed by atoms with Gasteiger partial charge in [-0.25, -0.2) is 19.2 Å². The Hall–Kier alpha value is -6.62.